The molecule has 9 heteroatoms. The van der Waals surface area contributed by atoms with Crippen LogP contribution in [0.15, 0.2) is 65.6 Å². The second kappa shape index (κ2) is 8.24. The summed E-state index contributed by atoms with van der Waals surface area (Å²) in [7, 11) is -3.65. The van der Waals surface area contributed by atoms with Gasteiger partial charge in [-0.3, -0.25) is 14.9 Å². The molecule has 0 radical (unpaired) electrons. The van der Waals surface area contributed by atoms with Crippen LogP contribution in [0.3, 0.4) is 0 Å². The molecule has 3 aromatic rings. The zero-order valence-electron chi connectivity index (χ0n) is 17.9. The lowest BCUT2D eigenvalue weighted by Gasteiger charge is -2.32. The van der Waals surface area contributed by atoms with E-state index in [1.165, 1.54) is 16.4 Å². The molecule has 0 atom stereocenters. The SMILES string of the molecule is O=C(C1CCN(S(=O)(=O)c2ccc3ccccc3c2)CC1)N1CCc2ccc([N+](=O)[O-])cc21. The number of hydrogen-bond donors (Lipinski definition) is 0. The van der Waals surface area contributed by atoms with Gasteiger partial charge in [0.15, 0.2) is 0 Å². The number of nitro benzene ring substituents is 1. The van der Waals surface area contributed by atoms with Gasteiger partial charge in [0.1, 0.15) is 0 Å². The highest BCUT2D eigenvalue weighted by Crippen LogP contribution is 2.34. The Morgan fingerprint density at radius 3 is 2.39 bits per heavy atom. The Kier molecular flexibility index (Phi) is 5.38. The molecule has 33 heavy (non-hydrogen) atoms. The zero-order valence-corrected chi connectivity index (χ0v) is 18.7. The summed E-state index contributed by atoms with van der Waals surface area (Å²) in [5.74, 6) is -0.393. The van der Waals surface area contributed by atoms with Gasteiger partial charge < -0.3 is 4.90 Å². The van der Waals surface area contributed by atoms with Gasteiger partial charge in [-0.25, -0.2) is 8.42 Å². The molecule has 2 aliphatic rings. The highest BCUT2D eigenvalue weighted by atomic mass is 32.2. The van der Waals surface area contributed by atoms with Crippen molar-refractivity contribution < 1.29 is 18.1 Å². The van der Waals surface area contributed by atoms with E-state index in [9.17, 15) is 23.3 Å². The first-order valence-electron chi connectivity index (χ1n) is 10.9. The lowest BCUT2D eigenvalue weighted by molar-refractivity contribution is -0.384. The quantitative estimate of drug-likeness (QED) is 0.432. The van der Waals surface area contributed by atoms with E-state index < -0.39 is 14.9 Å². The highest BCUT2D eigenvalue weighted by Gasteiger charge is 2.36. The number of fused-ring (bicyclic) bond motifs is 2. The summed E-state index contributed by atoms with van der Waals surface area (Å²) in [6.45, 7) is 1.02. The smallest absolute Gasteiger partial charge is 0.271 e. The average Bonchev–Trinajstić information content (AvgIpc) is 3.26. The molecule has 0 aromatic heterocycles. The number of piperidine rings is 1. The van der Waals surface area contributed by atoms with Gasteiger partial charge in [-0.2, -0.15) is 4.31 Å². The van der Waals surface area contributed by atoms with Gasteiger partial charge in [-0.15, -0.1) is 0 Å². The zero-order chi connectivity index (χ0) is 23.2. The summed E-state index contributed by atoms with van der Waals surface area (Å²) in [4.78, 5) is 25.8. The van der Waals surface area contributed by atoms with Crippen LogP contribution < -0.4 is 4.90 Å². The van der Waals surface area contributed by atoms with Crippen LogP contribution in [0.2, 0.25) is 0 Å². The number of carbonyl (C=O) groups is 1. The highest BCUT2D eigenvalue weighted by molar-refractivity contribution is 7.89. The van der Waals surface area contributed by atoms with Crippen molar-refractivity contribution in [2.75, 3.05) is 24.5 Å². The predicted octanol–water partition coefficient (Wildman–Crippen LogP) is 3.74. The summed E-state index contributed by atoms with van der Waals surface area (Å²) in [6.07, 6.45) is 1.51. The van der Waals surface area contributed by atoms with Gasteiger partial charge in [0.25, 0.3) is 5.69 Å². The number of benzene rings is 3. The molecule has 2 heterocycles. The Balaban J connectivity index is 1.30. The minimum atomic E-state index is -3.65. The van der Waals surface area contributed by atoms with Crippen molar-refractivity contribution in [2.24, 2.45) is 5.92 Å². The van der Waals surface area contributed by atoms with Crippen LogP contribution in [0.1, 0.15) is 18.4 Å². The van der Waals surface area contributed by atoms with Crippen molar-refractivity contribution in [3.63, 3.8) is 0 Å². The van der Waals surface area contributed by atoms with Gasteiger partial charge in [0.2, 0.25) is 15.9 Å². The van der Waals surface area contributed by atoms with Gasteiger partial charge in [0, 0.05) is 37.7 Å². The molecule has 5 rings (SSSR count). The van der Waals surface area contributed by atoms with E-state index in [1.807, 2.05) is 30.3 Å². The molecular formula is C24H23N3O5S. The van der Waals surface area contributed by atoms with E-state index >= 15 is 0 Å². The fourth-order valence-corrected chi connectivity index (χ4v) is 6.26. The number of amides is 1. The standard InChI is InChI=1S/C24H23N3O5S/c28-24(26-14-11-18-5-7-21(27(29)30)16-23(18)26)19-9-12-25(13-10-19)33(31,32)22-8-6-17-3-1-2-4-20(17)15-22/h1-8,15-16,19H,9-14H2. The van der Waals surface area contributed by atoms with Crippen molar-refractivity contribution in [1.29, 1.82) is 0 Å². The van der Waals surface area contributed by atoms with Crippen LogP contribution >= 0.6 is 0 Å². The van der Waals surface area contributed by atoms with E-state index in [0.29, 0.717) is 31.5 Å². The summed E-state index contributed by atoms with van der Waals surface area (Å²) < 4.78 is 27.8. The molecule has 0 aliphatic carbocycles. The number of nitro groups is 1. The monoisotopic (exact) mass is 465 g/mol. The number of carbonyl (C=O) groups excluding carboxylic acids is 1. The number of hydrogen-bond acceptors (Lipinski definition) is 5. The Hall–Kier alpha value is -3.30. The molecule has 2 aliphatic heterocycles. The Morgan fingerprint density at radius 1 is 0.939 bits per heavy atom. The van der Waals surface area contributed by atoms with E-state index in [1.54, 1.807) is 23.1 Å². The van der Waals surface area contributed by atoms with Crippen LogP contribution in [-0.2, 0) is 21.2 Å². The third-order valence-corrected chi connectivity index (χ3v) is 8.50. The number of sulfonamides is 1. The van der Waals surface area contributed by atoms with Crippen LogP contribution in [0.4, 0.5) is 11.4 Å². The van der Waals surface area contributed by atoms with E-state index in [4.69, 9.17) is 0 Å². The fraction of sp³-hybridized carbons (Fsp3) is 0.292. The molecule has 3 aromatic carbocycles. The second-order valence-electron chi connectivity index (χ2n) is 8.50. The molecule has 170 valence electrons. The molecule has 0 spiro atoms. The van der Waals surface area contributed by atoms with Crippen LogP contribution in [0, 0.1) is 16.0 Å². The number of rotatable bonds is 4. The van der Waals surface area contributed by atoms with Gasteiger partial charge in [-0.05, 0) is 47.7 Å². The molecule has 1 fully saturated rings. The molecule has 1 amide bonds. The molecule has 0 unspecified atom stereocenters. The second-order valence-corrected chi connectivity index (χ2v) is 10.4. The minimum Gasteiger partial charge on any atom is -0.311 e. The molecule has 0 bridgehead atoms. The van der Waals surface area contributed by atoms with E-state index in [-0.39, 0.29) is 35.5 Å². The van der Waals surface area contributed by atoms with Gasteiger partial charge >= 0.3 is 0 Å². The van der Waals surface area contributed by atoms with Crippen LogP contribution in [0.25, 0.3) is 10.8 Å². The first-order valence-corrected chi connectivity index (χ1v) is 12.4. The Labute approximate surface area is 191 Å². The number of anilines is 1. The van der Waals surface area contributed by atoms with Crippen molar-refractivity contribution in [3.05, 3.63) is 76.3 Å². The summed E-state index contributed by atoms with van der Waals surface area (Å²) in [5, 5.41) is 13.0. The minimum absolute atomic E-state index is 0.0373. The van der Waals surface area contributed by atoms with Crippen LogP contribution in [-0.4, -0.2) is 43.2 Å². The van der Waals surface area contributed by atoms with Gasteiger partial charge in [0.05, 0.1) is 15.5 Å². The first-order chi connectivity index (χ1) is 15.8. The third kappa shape index (κ3) is 3.87. The van der Waals surface area contributed by atoms with Crippen molar-refractivity contribution in [3.8, 4) is 0 Å². The predicted molar refractivity (Wildman–Crippen MR) is 125 cm³/mol. The third-order valence-electron chi connectivity index (χ3n) is 6.60. The van der Waals surface area contributed by atoms with Crippen molar-refractivity contribution in [2.45, 2.75) is 24.2 Å². The van der Waals surface area contributed by atoms with E-state index in [0.717, 1.165) is 16.3 Å². The van der Waals surface area contributed by atoms with Crippen molar-refractivity contribution >= 4 is 38.1 Å². The van der Waals surface area contributed by atoms with Crippen molar-refractivity contribution in [1.82, 2.24) is 4.31 Å². The maximum absolute atomic E-state index is 13.2. The molecular weight excluding hydrogens is 442 g/mol. The largest absolute Gasteiger partial charge is 0.311 e. The van der Waals surface area contributed by atoms with Gasteiger partial charge in [-0.1, -0.05) is 36.4 Å². The maximum atomic E-state index is 13.2. The number of non-ortho nitro benzene ring substituents is 1. The molecule has 0 saturated carbocycles. The normalized spacial score (nSPS) is 17.3. The summed E-state index contributed by atoms with van der Waals surface area (Å²) in [6, 6.07) is 17.4. The molecule has 0 N–H and O–H groups in total. The average molecular weight is 466 g/mol. The molecule has 1 saturated heterocycles. The lowest BCUT2D eigenvalue weighted by Crippen LogP contribution is -2.44. The Morgan fingerprint density at radius 2 is 1.67 bits per heavy atom. The topological polar surface area (TPSA) is 101 Å². The Bertz CT molecular complexity index is 1360. The first kappa shape index (κ1) is 21.5. The maximum Gasteiger partial charge on any atom is 0.271 e. The lowest BCUT2D eigenvalue weighted by atomic mass is 9.96. The summed E-state index contributed by atoms with van der Waals surface area (Å²) in [5.41, 5.74) is 1.48. The molecule has 8 nitrogen and oxygen atoms in total. The van der Waals surface area contributed by atoms with Crippen LogP contribution in [0.5, 0.6) is 0 Å². The van der Waals surface area contributed by atoms with E-state index in [2.05, 4.69) is 0 Å². The summed E-state index contributed by atoms with van der Waals surface area (Å²) >= 11 is 0. The fourth-order valence-electron chi connectivity index (χ4n) is 4.75. The number of nitrogens with zero attached hydrogens (tertiary/aromatic N) is 3.